The highest BCUT2D eigenvalue weighted by Crippen LogP contribution is 2.46. The number of sulfonamides is 1. The number of hydrazone groups is 1. The van der Waals surface area contributed by atoms with Crippen LogP contribution in [0.1, 0.15) is 25.7 Å². The van der Waals surface area contributed by atoms with Crippen LogP contribution in [0.5, 0.6) is 0 Å². The predicted octanol–water partition coefficient (Wildman–Crippen LogP) is 0.139. The van der Waals surface area contributed by atoms with Crippen LogP contribution in [0.15, 0.2) is 5.10 Å². The zero-order valence-electron chi connectivity index (χ0n) is 10.3. The van der Waals surface area contributed by atoms with E-state index in [9.17, 15) is 13.6 Å². The van der Waals surface area contributed by atoms with Crippen LogP contribution in [0, 0.1) is 11.3 Å². The lowest BCUT2D eigenvalue weighted by Gasteiger charge is -2.37. The molecule has 0 aromatic heterocycles. The van der Waals surface area contributed by atoms with Crippen LogP contribution < -0.4 is 5.43 Å². The molecule has 1 N–H and O–H groups in total. The molecule has 2 aliphatic heterocycles. The van der Waals surface area contributed by atoms with E-state index in [1.165, 1.54) is 10.6 Å². The van der Waals surface area contributed by atoms with E-state index < -0.39 is 15.8 Å². The molecule has 1 saturated heterocycles. The fourth-order valence-electron chi connectivity index (χ4n) is 2.96. The summed E-state index contributed by atoms with van der Waals surface area (Å²) >= 11 is 0. The van der Waals surface area contributed by atoms with Crippen molar-refractivity contribution in [1.29, 1.82) is 0 Å². The molecule has 1 unspecified atom stereocenters. The molecule has 7 heteroatoms. The molecule has 0 aromatic rings. The molecule has 1 aliphatic carbocycles. The molecule has 1 atom stereocenters. The first-order valence-corrected chi connectivity index (χ1v) is 8.12. The minimum absolute atomic E-state index is 0.0439. The normalized spacial score (nSPS) is 31.0. The third-order valence-electron chi connectivity index (χ3n) is 4.21. The van der Waals surface area contributed by atoms with E-state index in [2.05, 4.69) is 10.5 Å². The van der Waals surface area contributed by atoms with Crippen molar-refractivity contribution in [2.75, 3.05) is 19.3 Å². The Kier molecular flexibility index (Phi) is 2.62. The summed E-state index contributed by atoms with van der Waals surface area (Å²) in [6.45, 7) is 0.829. The van der Waals surface area contributed by atoms with E-state index in [1.54, 1.807) is 0 Å². The number of carbonyl (C=O) groups excluding carboxylic acids is 1. The van der Waals surface area contributed by atoms with Crippen LogP contribution in [0.25, 0.3) is 0 Å². The van der Waals surface area contributed by atoms with Gasteiger partial charge in [0.1, 0.15) is 16.7 Å². The SMILES string of the molecule is C[S+](=O)([O-])N1CCC2(CC1)C(=O)NN=C2C1CC1. The molecular formula is C11H17N3O3S. The van der Waals surface area contributed by atoms with Crippen molar-refractivity contribution in [1.82, 2.24) is 9.73 Å². The molecule has 0 aromatic carbocycles. The van der Waals surface area contributed by atoms with Crippen LogP contribution in [-0.4, -0.2) is 39.8 Å². The summed E-state index contributed by atoms with van der Waals surface area (Å²) in [6.07, 6.45) is 4.54. The van der Waals surface area contributed by atoms with E-state index in [1.807, 2.05) is 0 Å². The highest BCUT2D eigenvalue weighted by molar-refractivity contribution is 7.94. The Bertz CT molecular complexity index is 458. The Hall–Kier alpha value is -0.790. The van der Waals surface area contributed by atoms with Crippen LogP contribution in [0.3, 0.4) is 0 Å². The van der Waals surface area contributed by atoms with Gasteiger partial charge in [-0.25, -0.2) is 5.43 Å². The summed E-state index contributed by atoms with van der Waals surface area (Å²) in [5.74, 6) is 0.395. The number of carbonyl (C=O) groups is 1. The number of piperidine rings is 1. The zero-order valence-corrected chi connectivity index (χ0v) is 11.2. The lowest BCUT2D eigenvalue weighted by atomic mass is 9.73. The van der Waals surface area contributed by atoms with Gasteiger partial charge in [-0.3, -0.25) is 4.79 Å². The first-order chi connectivity index (χ1) is 8.43. The average molecular weight is 271 g/mol. The largest absolute Gasteiger partial charge is 0.598 e. The Morgan fingerprint density at radius 2 is 2.06 bits per heavy atom. The van der Waals surface area contributed by atoms with Gasteiger partial charge in [0.2, 0.25) is 0 Å². The van der Waals surface area contributed by atoms with Crippen LogP contribution in [0.4, 0.5) is 0 Å². The maximum Gasteiger partial charge on any atom is 0.252 e. The Morgan fingerprint density at radius 1 is 1.44 bits per heavy atom. The molecule has 0 radical (unpaired) electrons. The second-order valence-electron chi connectivity index (χ2n) is 5.46. The van der Waals surface area contributed by atoms with Crippen molar-refractivity contribution in [3.05, 3.63) is 0 Å². The minimum atomic E-state index is -3.15. The van der Waals surface area contributed by atoms with Gasteiger partial charge in [0, 0.05) is 19.0 Å². The van der Waals surface area contributed by atoms with Gasteiger partial charge in [-0.15, -0.1) is 4.31 Å². The number of rotatable bonds is 2. The van der Waals surface area contributed by atoms with Crippen LogP contribution in [-0.2, 0) is 19.4 Å². The molecule has 1 amide bonds. The molecule has 3 aliphatic rings. The number of hydrogen-bond acceptors (Lipinski definition) is 4. The average Bonchev–Trinajstić information content (AvgIpc) is 3.08. The summed E-state index contributed by atoms with van der Waals surface area (Å²) in [4.78, 5) is 12.1. The Balaban J connectivity index is 1.79. The molecule has 2 heterocycles. The standard InChI is InChI=1S/C11H17N3O3S/c1-18(16,17)14-6-4-11(5-7-14)9(8-2-3-8)12-13-10(11)15/h8H,2-7H2,1H3,(H-,13,15,16,17). The molecule has 3 rings (SSSR count). The van der Waals surface area contributed by atoms with Gasteiger partial charge < -0.3 is 4.55 Å². The van der Waals surface area contributed by atoms with Gasteiger partial charge in [0.05, 0.1) is 11.1 Å². The fourth-order valence-corrected chi connectivity index (χ4v) is 3.81. The van der Waals surface area contributed by atoms with E-state index in [0.29, 0.717) is 31.8 Å². The highest BCUT2D eigenvalue weighted by Gasteiger charge is 2.54. The van der Waals surface area contributed by atoms with E-state index in [0.717, 1.165) is 18.6 Å². The fraction of sp³-hybridized carbons (Fsp3) is 0.818. The van der Waals surface area contributed by atoms with Gasteiger partial charge in [0.15, 0.2) is 0 Å². The Labute approximate surface area is 107 Å². The van der Waals surface area contributed by atoms with Crippen molar-refractivity contribution in [3.63, 3.8) is 0 Å². The first kappa shape index (κ1) is 12.3. The maximum atomic E-state index is 12.1. The zero-order chi connectivity index (χ0) is 13.0. The second-order valence-corrected chi connectivity index (χ2v) is 7.44. The van der Waals surface area contributed by atoms with E-state index >= 15 is 0 Å². The number of hydrogen-bond donors (Lipinski definition) is 1. The Morgan fingerprint density at radius 3 is 2.56 bits per heavy atom. The van der Waals surface area contributed by atoms with Crippen LogP contribution >= 0.6 is 0 Å². The third-order valence-corrected chi connectivity index (χ3v) is 5.52. The molecule has 0 bridgehead atoms. The summed E-state index contributed by atoms with van der Waals surface area (Å²) in [6, 6.07) is 0. The monoisotopic (exact) mass is 271 g/mol. The van der Waals surface area contributed by atoms with Gasteiger partial charge >= 0.3 is 0 Å². The third kappa shape index (κ3) is 1.81. The number of nitrogens with one attached hydrogen (secondary N) is 1. The van der Waals surface area contributed by atoms with Crippen molar-refractivity contribution < 1.29 is 13.6 Å². The smallest absolute Gasteiger partial charge is 0.252 e. The van der Waals surface area contributed by atoms with Gasteiger partial charge in [-0.05, 0) is 25.7 Å². The molecule has 18 heavy (non-hydrogen) atoms. The van der Waals surface area contributed by atoms with Crippen molar-refractivity contribution in [2.24, 2.45) is 16.4 Å². The summed E-state index contributed by atoms with van der Waals surface area (Å²) in [7, 11) is -3.15. The molecule has 100 valence electrons. The van der Waals surface area contributed by atoms with E-state index in [4.69, 9.17) is 0 Å². The second kappa shape index (κ2) is 3.85. The quantitative estimate of drug-likeness (QED) is 0.725. The van der Waals surface area contributed by atoms with Crippen molar-refractivity contribution in [3.8, 4) is 0 Å². The molecule has 6 nitrogen and oxygen atoms in total. The summed E-state index contributed by atoms with van der Waals surface area (Å²) < 4.78 is 24.4. The molecule has 1 spiro atoms. The lowest BCUT2D eigenvalue weighted by Crippen LogP contribution is -2.51. The van der Waals surface area contributed by atoms with E-state index in [-0.39, 0.29) is 5.91 Å². The van der Waals surface area contributed by atoms with Gasteiger partial charge in [0.25, 0.3) is 5.91 Å². The molecule has 1 saturated carbocycles. The van der Waals surface area contributed by atoms with Crippen LogP contribution in [0.2, 0.25) is 0 Å². The minimum Gasteiger partial charge on any atom is -0.598 e. The highest BCUT2D eigenvalue weighted by atomic mass is 32.3. The number of amides is 1. The summed E-state index contributed by atoms with van der Waals surface area (Å²) in [5, 5.41) is 4.19. The molecule has 2 fully saturated rings. The van der Waals surface area contributed by atoms with Crippen molar-refractivity contribution >= 4 is 22.0 Å². The predicted molar refractivity (Wildman–Crippen MR) is 66.3 cm³/mol. The summed E-state index contributed by atoms with van der Waals surface area (Å²) in [5.41, 5.74) is 3.03. The van der Waals surface area contributed by atoms with Crippen molar-refractivity contribution in [2.45, 2.75) is 25.7 Å². The maximum absolute atomic E-state index is 12.1. The number of nitrogens with zero attached hydrogens (tertiary/aromatic N) is 2. The lowest BCUT2D eigenvalue weighted by molar-refractivity contribution is -0.127. The topological polar surface area (TPSA) is 84.8 Å². The van der Waals surface area contributed by atoms with Gasteiger partial charge in [-0.1, -0.05) is 4.21 Å². The molecular weight excluding hydrogens is 254 g/mol. The van der Waals surface area contributed by atoms with Gasteiger partial charge in [-0.2, -0.15) is 5.10 Å². The first-order valence-electron chi connectivity index (χ1n) is 6.27.